The molecule has 1 unspecified atom stereocenters. The number of carbonyl (C=O) groups excluding carboxylic acids is 1. The van der Waals surface area contributed by atoms with Gasteiger partial charge in [0.05, 0.1) is 13.0 Å². The van der Waals surface area contributed by atoms with Crippen LogP contribution in [0.25, 0.3) is 0 Å². The van der Waals surface area contributed by atoms with Crippen molar-refractivity contribution in [2.75, 3.05) is 13.1 Å². The first-order valence-electron chi connectivity index (χ1n) is 7.07. The number of hydrogen-bond donors (Lipinski definition) is 0. The minimum Gasteiger partial charge on any atom is -0.406 e. The Morgan fingerprint density at radius 1 is 1.30 bits per heavy atom. The van der Waals surface area contributed by atoms with Crippen LogP contribution in [0.1, 0.15) is 18.9 Å². The monoisotopic (exact) mass is 337 g/mol. The summed E-state index contributed by atoms with van der Waals surface area (Å²) in [5.41, 5.74) is 0.437. The van der Waals surface area contributed by atoms with Crippen LogP contribution < -0.4 is 4.74 Å². The predicted octanol–water partition coefficient (Wildman–Crippen LogP) is 3.63. The standard InChI is InChI=1S/C15H16F5NO2/c1-10-6-7-21(9-14(10,16)17)13(22)8-11-2-4-12(5-3-11)23-15(18,19)20/h2-5,10H,6-9H2,1H3. The van der Waals surface area contributed by atoms with E-state index < -0.39 is 36.4 Å². The fourth-order valence-corrected chi connectivity index (χ4v) is 2.36. The topological polar surface area (TPSA) is 29.5 Å². The van der Waals surface area contributed by atoms with E-state index in [1.165, 1.54) is 19.1 Å². The highest BCUT2D eigenvalue weighted by Gasteiger charge is 2.43. The van der Waals surface area contributed by atoms with Gasteiger partial charge in [0, 0.05) is 12.5 Å². The van der Waals surface area contributed by atoms with Gasteiger partial charge in [-0.1, -0.05) is 19.1 Å². The number of likely N-dealkylation sites (tertiary alicyclic amines) is 1. The Bertz CT molecular complexity index is 556. The molecule has 0 aliphatic carbocycles. The number of benzene rings is 1. The molecule has 0 radical (unpaired) electrons. The molecule has 0 N–H and O–H groups in total. The van der Waals surface area contributed by atoms with Crippen molar-refractivity contribution in [3.8, 4) is 5.75 Å². The minimum atomic E-state index is -4.78. The summed E-state index contributed by atoms with van der Waals surface area (Å²) in [5.74, 6) is -4.56. The summed E-state index contributed by atoms with van der Waals surface area (Å²) < 4.78 is 67.1. The number of amides is 1. The molecule has 1 atom stereocenters. The maximum Gasteiger partial charge on any atom is 0.573 e. The number of nitrogens with zero attached hydrogens (tertiary/aromatic N) is 1. The molecule has 8 heteroatoms. The lowest BCUT2D eigenvalue weighted by atomic mass is 9.94. The van der Waals surface area contributed by atoms with Gasteiger partial charge in [-0.15, -0.1) is 13.2 Å². The summed E-state index contributed by atoms with van der Waals surface area (Å²) >= 11 is 0. The summed E-state index contributed by atoms with van der Waals surface area (Å²) in [7, 11) is 0. The van der Waals surface area contributed by atoms with Crippen LogP contribution in [0.2, 0.25) is 0 Å². The van der Waals surface area contributed by atoms with E-state index >= 15 is 0 Å². The van der Waals surface area contributed by atoms with Crippen LogP contribution >= 0.6 is 0 Å². The van der Waals surface area contributed by atoms with Gasteiger partial charge in [-0.25, -0.2) is 8.78 Å². The van der Waals surface area contributed by atoms with Crippen molar-refractivity contribution in [3.05, 3.63) is 29.8 Å². The lowest BCUT2D eigenvalue weighted by Crippen LogP contribution is -2.50. The molecule has 0 aromatic heterocycles. The number of rotatable bonds is 3. The molecule has 3 nitrogen and oxygen atoms in total. The second kappa shape index (κ2) is 6.33. The highest BCUT2D eigenvalue weighted by Crippen LogP contribution is 2.32. The van der Waals surface area contributed by atoms with Crippen LogP contribution in [-0.4, -0.2) is 36.2 Å². The third kappa shape index (κ3) is 4.80. The van der Waals surface area contributed by atoms with Gasteiger partial charge in [-0.2, -0.15) is 0 Å². The van der Waals surface area contributed by atoms with Crippen LogP contribution in [0.5, 0.6) is 5.75 Å². The summed E-state index contributed by atoms with van der Waals surface area (Å²) in [6.45, 7) is 1.08. The predicted molar refractivity (Wildman–Crippen MR) is 72.1 cm³/mol. The van der Waals surface area contributed by atoms with E-state index in [9.17, 15) is 26.7 Å². The molecule has 1 aromatic rings. The number of hydrogen-bond acceptors (Lipinski definition) is 2. The lowest BCUT2D eigenvalue weighted by Gasteiger charge is -2.36. The van der Waals surface area contributed by atoms with E-state index in [-0.39, 0.29) is 19.4 Å². The van der Waals surface area contributed by atoms with Gasteiger partial charge < -0.3 is 9.64 Å². The first kappa shape index (κ1) is 17.5. The number of alkyl halides is 5. The van der Waals surface area contributed by atoms with Crippen LogP contribution in [0.4, 0.5) is 22.0 Å². The van der Waals surface area contributed by atoms with Crippen molar-refractivity contribution in [2.24, 2.45) is 5.92 Å². The van der Waals surface area contributed by atoms with E-state index in [1.807, 2.05) is 0 Å². The van der Waals surface area contributed by atoms with Crippen LogP contribution in [0.15, 0.2) is 24.3 Å². The van der Waals surface area contributed by atoms with Crippen LogP contribution in [-0.2, 0) is 11.2 Å². The van der Waals surface area contributed by atoms with Crippen molar-refractivity contribution in [2.45, 2.75) is 32.1 Å². The largest absolute Gasteiger partial charge is 0.573 e. The molecule has 0 spiro atoms. The van der Waals surface area contributed by atoms with Crippen LogP contribution in [0.3, 0.4) is 0 Å². The van der Waals surface area contributed by atoms with Crippen molar-refractivity contribution < 1.29 is 31.5 Å². The Kier molecular flexibility index (Phi) is 4.81. The number of carbonyl (C=O) groups is 1. The smallest absolute Gasteiger partial charge is 0.406 e. The van der Waals surface area contributed by atoms with Gasteiger partial charge in [0.2, 0.25) is 5.91 Å². The van der Waals surface area contributed by atoms with Gasteiger partial charge in [-0.05, 0) is 24.1 Å². The molecule has 2 rings (SSSR count). The Balaban J connectivity index is 1.95. The molecule has 128 valence electrons. The Hall–Kier alpha value is -1.86. The zero-order chi connectivity index (χ0) is 17.3. The molecular formula is C15H16F5NO2. The Morgan fingerprint density at radius 3 is 2.43 bits per heavy atom. The minimum absolute atomic E-state index is 0.142. The average Bonchev–Trinajstić information content (AvgIpc) is 2.42. The SMILES string of the molecule is CC1CCN(C(=O)Cc2ccc(OC(F)(F)F)cc2)CC1(F)F. The third-order valence-corrected chi connectivity index (χ3v) is 3.82. The number of halogens is 5. The first-order valence-corrected chi connectivity index (χ1v) is 7.07. The molecule has 0 bridgehead atoms. The quantitative estimate of drug-likeness (QED) is 0.789. The molecule has 1 fully saturated rings. The normalized spacial score (nSPS) is 21.1. The van der Waals surface area contributed by atoms with Gasteiger partial charge in [0.15, 0.2) is 0 Å². The molecule has 23 heavy (non-hydrogen) atoms. The maximum atomic E-state index is 13.6. The number of ether oxygens (including phenoxy) is 1. The molecule has 1 amide bonds. The molecule has 1 aromatic carbocycles. The zero-order valence-corrected chi connectivity index (χ0v) is 12.4. The van der Waals surface area contributed by atoms with Crippen LogP contribution in [0, 0.1) is 5.92 Å². The fraction of sp³-hybridized carbons (Fsp3) is 0.533. The van der Waals surface area contributed by atoms with E-state index in [2.05, 4.69) is 4.74 Å². The zero-order valence-electron chi connectivity index (χ0n) is 12.4. The van der Waals surface area contributed by atoms with E-state index in [0.29, 0.717) is 5.56 Å². The highest BCUT2D eigenvalue weighted by molar-refractivity contribution is 5.79. The molecular weight excluding hydrogens is 321 g/mol. The second-order valence-electron chi connectivity index (χ2n) is 5.63. The molecule has 0 saturated carbocycles. The summed E-state index contributed by atoms with van der Waals surface area (Å²) in [5, 5.41) is 0. The maximum absolute atomic E-state index is 13.6. The first-order chi connectivity index (χ1) is 10.6. The lowest BCUT2D eigenvalue weighted by molar-refractivity contribution is -0.274. The summed E-state index contributed by atoms with van der Waals surface area (Å²) in [4.78, 5) is 13.2. The van der Waals surface area contributed by atoms with Crippen molar-refractivity contribution in [3.63, 3.8) is 0 Å². The summed E-state index contributed by atoms with van der Waals surface area (Å²) in [6, 6.07) is 4.79. The van der Waals surface area contributed by atoms with E-state index in [4.69, 9.17) is 0 Å². The van der Waals surface area contributed by atoms with Gasteiger partial charge >= 0.3 is 6.36 Å². The van der Waals surface area contributed by atoms with Gasteiger partial charge in [0.1, 0.15) is 5.75 Å². The molecule has 1 heterocycles. The van der Waals surface area contributed by atoms with E-state index in [1.54, 1.807) is 0 Å². The van der Waals surface area contributed by atoms with Crippen molar-refractivity contribution in [1.82, 2.24) is 4.90 Å². The fourth-order valence-electron chi connectivity index (χ4n) is 2.36. The Morgan fingerprint density at radius 2 is 1.91 bits per heavy atom. The van der Waals surface area contributed by atoms with Crippen molar-refractivity contribution in [1.29, 1.82) is 0 Å². The molecule has 1 aliphatic rings. The molecule has 1 saturated heterocycles. The van der Waals surface area contributed by atoms with Gasteiger partial charge in [-0.3, -0.25) is 4.79 Å². The Labute approximate surface area is 130 Å². The molecule has 1 aliphatic heterocycles. The average molecular weight is 337 g/mol. The highest BCUT2D eigenvalue weighted by atomic mass is 19.4. The van der Waals surface area contributed by atoms with Crippen molar-refractivity contribution >= 4 is 5.91 Å². The number of piperidine rings is 1. The summed E-state index contributed by atoms with van der Waals surface area (Å²) in [6.07, 6.45) is -4.71. The second-order valence-corrected chi connectivity index (χ2v) is 5.63. The van der Waals surface area contributed by atoms with E-state index in [0.717, 1.165) is 17.0 Å². The third-order valence-electron chi connectivity index (χ3n) is 3.82. The van der Waals surface area contributed by atoms with Gasteiger partial charge in [0.25, 0.3) is 5.92 Å².